The number of aliphatic carboxylic acids is 1. The Morgan fingerprint density at radius 3 is 2.47 bits per heavy atom. The molecule has 0 aromatic heterocycles. The second-order valence-corrected chi connectivity index (χ2v) is 3.97. The van der Waals surface area contributed by atoms with Crippen molar-refractivity contribution in [1.82, 2.24) is 5.32 Å². The standard InChI is InChI=1S/C9H16N2O4/c1-11(2,6-9(14)15)5-3-4-10-8(13)7-12/h7H,3-6H2,1-2H3,(H-,10,13,14,15)/p+1. The molecule has 0 atom stereocenters. The van der Waals surface area contributed by atoms with E-state index in [1.807, 2.05) is 0 Å². The summed E-state index contributed by atoms with van der Waals surface area (Å²) in [6, 6.07) is 0. The van der Waals surface area contributed by atoms with E-state index in [9.17, 15) is 14.4 Å². The van der Waals surface area contributed by atoms with Crippen molar-refractivity contribution in [3.8, 4) is 0 Å². The van der Waals surface area contributed by atoms with Gasteiger partial charge in [-0.05, 0) is 0 Å². The zero-order chi connectivity index (χ0) is 11.9. The first-order valence-electron chi connectivity index (χ1n) is 4.64. The molecule has 0 radical (unpaired) electrons. The molecule has 0 heterocycles. The maximum absolute atomic E-state index is 10.5. The number of carboxylic acid groups (broad SMARTS) is 1. The van der Waals surface area contributed by atoms with E-state index < -0.39 is 11.9 Å². The Hall–Kier alpha value is -1.43. The van der Waals surface area contributed by atoms with Gasteiger partial charge in [-0.15, -0.1) is 0 Å². The Labute approximate surface area is 88.5 Å². The molecule has 86 valence electrons. The van der Waals surface area contributed by atoms with Gasteiger partial charge >= 0.3 is 5.97 Å². The maximum Gasteiger partial charge on any atom is 0.359 e. The molecule has 0 fully saturated rings. The third kappa shape index (κ3) is 7.63. The van der Waals surface area contributed by atoms with Crippen molar-refractivity contribution >= 4 is 18.2 Å². The number of nitrogens with zero attached hydrogens (tertiary/aromatic N) is 1. The lowest BCUT2D eigenvalue weighted by atomic mass is 10.3. The number of carbonyl (C=O) groups excluding carboxylic acids is 2. The van der Waals surface area contributed by atoms with Gasteiger partial charge in [0.05, 0.1) is 20.6 Å². The minimum absolute atomic E-state index is 0.0433. The highest BCUT2D eigenvalue weighted by atomic mass is 16.4. The fourth-order valence-corrected chi connectivity index (χ4v) is 1.21. The third-order valence-electron chi connectivity index (χ3n) is 1.91. The molecule has 0 saturated carbocycles. The number of nitrogens with one attached hydrogen (secondary N) is 1. The van der Waals surface area contributed by atoms with Crippen LogP contribution in [0.3, 0.4) is 0 Å². The summed E-state index contributed by atoms with van der Waals surface area (Å²) in [5.41, 5.74) is 0. The first-order valence-corrected chi connectivity index (χ1v) is 4.64. The predicted molar refractivity (Wildman–Crippen MR) is 53.2 cm³/mol. The molecule has 2 N–H and O–H groups in total. The average Bonchev–Trinajstić information content (AvgIpc) is 2.10. The van der Waals surface area contributed by atoms with Crippen LogP contribution in [0, 0.1) is 0 Å². The molecule has 0 aromatic carbocycles. The van der Waals surface area contributed by atoms with Crippen LogP contribution in [0.15, 0.2) is 0 Å². The zero-order valence-corrected chi connectivity index (χ0v) is 9.02. The van der Waals surface area contributed by atoms with Gasteiger partial charge in [0.15, 0.2) is 6.54 Å². The van der Waals surface area contributed by atoms with E-state index in [2.05, 4.69) is 5.32 Å². The monoisotopic (exact) mass is 217 g/mol. The predicted octanol–water partition coefficient (Wildman–Crippen LogP) is -1.15. The van der Waals surface area contributed by atoms with Gasteiger partial charge in [-0.2, -0.15) is 0 Å². The first kappa shape index (κ1) is 13.6. The van der Waals surface area contributed by atoms with Gasteiger partial charge in [0.2, 0.25) is 6.29 Å². The van der Waals surface area contributed by atoms with Gasteiger partial charge < -0.3 is 14.9 Å². The highest BCUT2D eigenvalue weighted by Gasteiger charge is 2.18. The minimum Gasteiger partial charge on any atom is -0.477 e. The molecule has 0 spiro atoms. The molecule has 0 aliphatic rings. The lowest BCUT2D eigenvalue weighted by Gasteiger charge is -2.27. The van der Waals surface area contributed by atoms with Crippen molar-refractivity contribution in [3.63, 3.8) is 0 Å². The van der Waals surface area contributed by atoms with E-state index >= 15 is 0 Å². The molecule has 0 aliphatic carbocycles. The highest BCUT2D eigenvalue weighted by molar-refractivity contribution is 6.23. The second-order valence-electron chi connectivity index (χ2n) is 3.97. The number of carboxylic acids is 1. The summed E-state index contributed by atoms with van der Waals surface area (Å²) >= 11 is 0. The number of carbonyl (C=O) groups is 3. The zero-order valence-electron chi connectivity index (χ0n) is 9.02. The average molecular weight is 217 g/mol. The second kappa shape index (κ2) is 6.13. The van der Waals surface area contributed by atoms with Gasteiger partial charge in [0, 0.05) is 13.0 Å². The van der Waals surface area contributed by atoms with Gasteiger partial charge in [-0.1, -0.05) is 0 Å². The quantitative estimate of drug-likeness (QED) is 0.244. The maximum atomic E-state index is 10.5. The Balaban J connectivity index is 3.70. The molecule has 15 heavy (non-hydrogen) atoms. The summed E-state index contributed by atoms with van der Waals surface area (Å²) in [7, 11) is 3.60. The molecule has 6 nitrogen and oxygen atoms in total. The van der Waals surface area contributed by atoms with E-state index in [-0.39, 0.29) is 12.8 Å². The van der Waals surface area contributed by atoms with Crippen molar-refractivity contribution in [1.29, 1.82) is 0 Å². The van der Waals surface area contributed by atoms with E-state index in [0.717, 1.165) is 0 Å². The summed E-state index contributed by atoms with van der Waals surface area (Å²) in [6.07, 6.45) is 0.858. The number of hydrogen-bond donors (Lipinski definition) is 2. The smallest absolute Gasteiger partial charge is 0.359 e. The molecule has 0 aromatic rings. The van der Waals surface area contributed by atoms with Crippen LogP contribution >= 0.6 is 0 Å². The van der Waals surface area contributed by atoms with Gasteiger partial charge in [-0.25, -0.2) is 4.79 Å². The Kier molecular flexibility index (Phi) is 5.54. The number of amides is 1. The van der Waals surface area contributed by atoms with E-state index in [4.69, 9.17) is 5.11 Å². The highest BCUT2D eigenvalue weighted by Crippen LogP contribution is 1.98. The van der Waals surface area contributed by atoms with Crippen molar-refractivity contribution in [3.05, 3.63) is 0 Å². The van der Waals surface area contributed by atoms with E-state index in [1.54, 1.807) is 14.1 Å². The van der Waals surface area contributed by atoms with Gasteiger partial charge in [0.25, 0.3) is 5.91 Å². The molecule has 1 amide bonds. The molecule has 0 saturated heterocycles. The summed E-state index contributed by atoms with van der Waals surface area (Å²) in [5.74, 6) is -1.49. The topological polar surface area (TPSA) is 83.5 Å². The lowest BCUT2D eigenvalue weighted by Crippen LogP contribution is -2.45. The SMILES string of the molecule is C[N+](C)(CCCNC(=O)C=O)CC(=O)O. The van der Waals surface area contributed by atoms with Crippen LogP contribution < -0.4 is 5.32 Å². The number of aldehydes is 1. The Morgan fingerprint density at radius 2 is 2.00 bits per heavy atom. The molecule has 0 rings (SSSR count). The Bertz CT molecular complexity index is 250. The fraction of sp³-hybridized carbons (Fsp3) is 0.667. The van der Waals surface area contributed by atoms with Gasteiger partial charge in [-0.3, -0.25) is 9.59 Å². The largest absolute Gasteiger partial charge is 0.477 e. The lowest BCUT2D eigenvalue weighted by molar-refractivity contribution is -0.883. The van der Waals surface area contributed by atoms with Crippen molar-refractivity contribution < 1.29 is 24.0 Å². The van der Waals surface area contributed by atoms with Crippen LogP contribution in [0.4, 0.5) is 0 Å². The number of quaternary nitrogens is 1. The van der Waals surface area contributed by atoms with E-state index in [0.29, 0.717) is 24.0 Å². The van der Waals surface area contributed by atoms with Crippen LogP contribution in [0.1, 0.15) is 6.42 Å². The molecule has 0 unspecified atom stereocenters. The van der Waals surface area contributed by atoms with E-state index in [1.165, 1.54) is 0 Å². The molecule has 6 heteroatoms. The number of hydrogen-bond acceptors (Lipinski definition) is 3. The number of rotatable bonds is 7. The van der Waals surface area contributed by atoms with Crippen molar-refractivity contribution in [2.24, 2.45) is 0 Å². The van der Waals surface area contributed by atoms with Crippen LogP contribution in [0.25, 0.3) is 0 Å². The third-order valence-corrected chi connectivity index (χ3v) is 1.91. The molecular formula is C9H17N2O4+. The number of likely N-dealkylation sites (N-methyl/N-ethyl adjacent to an activating group) is 1. The summed E-state index contributed by atoms with van der Waals surface area (Å²) < 4.78 is 0.353. The van der Waals surface area contributed by atoms with Crippen LogP contribution in [-0.2, 0) is 14.4 Å². The summed E-state index contributed by atoms with van der Waals surface area (Å²) in [4.78, 5) is 31.0. The van der Waals surface area contributed by atoms with Crippen LogP contribution in [0.2, 0.25) is 0 Å². The van der Waals surface area contributed by atoms with Crippen molar-refractivity contribution in [2.45, 2.75) is 6.42 Å². The normalized spacial score (nSPS) is 10.8. The molecule has 0 bridgehead atoms. The fourth-order valence-electron chi connectivity index (χ4n) is 1.21. The first-order chi connectivity index (χ1) is 6.87. The van der Waals surface area contributed by atoms with Crippen molar-refractivity contribution in [2.75, 3.05) is 33.7 Å². The molecule has 0 aliphatic heterocycles. The van der Waals surface area contributed by atoms with Crippen LogP contribution in [-0.4, -0.2) is 61.5 Å². The molecular weight excluding hydrogens is 200 g/mol. The summed E-state index contributed by atoms with van der Waals surface area (Å²) in [5, 5.41) is 11.0. The van der Waals surface area contributed by atoms with Crippen LogP contribution in [0.5, 0.6) is 0 Å². The summed E-state index contributed by atoms with van der Waals surface area (Å²) in [6.45, 7) is 1.06. The minimum atomic E-state index is -0.850. The Morgan fingerprint density at radius 1 is 1.40 bits per heavy atom. The van der Waals surface area contributed by atoms with Gasteiger partial charge in [0.1, 0.15) is 0 Å².